The summed E-state index contributed by atoms with van der Waals surface area (Å²) >= 11 is 0. The van der Waals surface area contributed by atoms with Gasteiger partial charge in [-0.3, -0.25) is 9.88 Å². The number of nitrogens with zero attached hydrogens (tertiary/aromatic N) is 5. The zero-order valence-electron chi connectivity index (χ0n) is 23.5. The van der Waals surface area contributed by atoms with Crippen LogP contribution in [0.15, 0.2) is 54.5 Å². The van der Waals surface area contributed by atoms with Gasteiger partial charge in [0.15, 0.2) is 5.82 Å². The van der Waals surface area contributed by atoms with Gasteiger partial charge in [-0.1, -0.05) is 24.1 Å². The van der Waals surface area contributed by atoms with Gasteiger partial charge in [0, 0.05) is 36.7 Å². The van der Waals surface area contributed by atoms with Crippen molar-refractivity contribution in [2.24, 2.45) is 0 Å². The lowest BCUT2D eigenvalue weighted by atomic mass is 9.95. The summed E-state index contributed by atoms with van der Waals surface area (Å²) in [5.41, 5.74) is -0.932. The molecule has 0 aliphatic carbocycles. The molecule has 44 heavy (non-hydrogen) atoms. The number of hydrogen-bond donors (Lipinski definition) is 1. The van der Waals surface area contributed by atoms with E-state index in [1.165, 1.54) is 36.5 Å². The molecule has 0 saturated carbocycles. The Kier molecular flexibility index (Phi) is 6.89. The second-order valence-corrected chi connectivity index (χ2v) is 11.5. The Balaban J connectivity index is 1.39. The zero-order valence-corrected chi connectivity index (χ0v) is 23.5. The smallest absolute Gasteiger partial charge is 0.319 e. The summed E-state index contributed by atoms with van der Waals surface area (Å²) in [5, 5.41) is 11.3. The molecular formula is C33H27F4N5O2. The third-order valence-corrected chi connectivity index (χ3v) is 8.71. The number of hydrogen-bond acceptors (Lipinski definition) is 7. The number of aromatic hydroxyl groups is 1. The van der Waals surface area contributed by atoms with E-state index in [0.29, 0.717) is 18.4 Å². The fraction of sp³-hybridized carbons (Fsp3) is 0.303. The molecule has 3 aliphatic rings. The predicted molar refractivity (Wildman–Crippen MR) is 159 cm³/mol. The highest BCUT2D eigenvalue weighted by Crippen LogP contribution is 2.41. The molecule has 2 aromatic carbocycles. The molecule has 2 aromatic heterocycles. The highest BCUT2D eigenvalue weighted by Gasteiger charge is 2.49. The Labute approximate surface area is 250 Å². The number of phenols is 1. The van der Waals surface area contributed by atoms with E-state index in [0.717, 1.165) is 19.4 Å². The molecule has 11 heteroatoms. The van der Waals surface area contributed by atoms with E-state index in [-0.39, 0.29) is 70.4 Å². The minimum Gasteiger partial charge on any atom is -0.508 e. The van der Waals surface area contributed by atoms with Crippen LogP contribution in [0.2, 0.25) is 0 Å². The second-order valence-electron chi connectivity index (χ2n) is 11.5. The van der Waals surface area contributed by atoms with Crippen molar-refractivity contribution in [2.45, 2.75) is 31.0 Å². The Morgan fingerprint density at radius 2 is 2.05 bits per heavy atom. The van der Waals surface area contributed by atoms with Gasteiger partial charge in [0.05, 0.1) is 23.0 Å². The highest BCUT2D eigenvalue weighted by atomic mass is 19.1. The molecule has 0 spiro atoms. The van der Waals surface area contributed by atoms with Crippen molar-refractivity contribution < 1.29 is 27.4 Å². The Morgan fingerprint density at radius 1 is 1.18 bits per heavy atom. The monoisotopic (exact) mass is 601 g/mol. The molecule has 1 N–H and O–H groups in total. The van der Waals surface area contributed by atoms with Crippen LogP contribution in [0.4, 0.5) is 23.4 Å². The topological polar surface area (TPSA) is 74.6 Å². The lowest BCUT2D eigenvalue weighted by Gasteiger charge is -2.31. The highest BCUT2D eigenvalue weighted by molar-refractivity contribution is 6.03. The van der Waals surface area contributed by atoms with E-state index in [1.54, 1.807) is 17.1 Å². The van der Waals surface area contributed by atoms with Gasteiger partial charge in [-0.25, -0.2) is 17.6 Å². The fourth-order valence-corrected chi connectivity index (χ4v) is 6.74. The maximum Gasteiger partial charge on any atom is 0.319 e. The average molecular weight is 602 g/mol. The minimum absolute atomic E-state index is 0.0709. The molecule has 5 heterocycles. The first-order valence-electron chi connectivity index (χ1n) is 14.3. The number of aromatic nitrogens is 3. The Hall–Kier alpha value is -4.69. The molecular weight excluding hydrogens is 574 g/mol. The van der Waals surface area contributed by atoms with Crippen molar-refractivity contribution in [1.82, 2.24) is 19.9 Å². The molecule has 1 unspecified atom stereocenters. The van der Waals surface area contributed by atoms with Crippen molar-refractivity contribution in [3.8, 4) is 35.4 Å². The summed E-state index contributed by atoms with van der Waals surface area (Å²) in [6.45, 7) is 1.34. The molecule has 7 rings (SSSR count). The van der Waals surface area contributed by atoms with Crippen LogP contribution in [-0.4, -0.2) is 69.5 Å². The molecule has 3 aliphatic heterocycles. The lowest BCUT2D eigenvalue weighted by molar-refractivity contribution is 0.107. The minimum atomic E-state index is -0.966. The van der Waals surface area contributed by atoms with E-state index < -0.39 is 29.2 Å². The van der Waals surface area contributed by atoms with E-state index in [9.17, 15) is 18.3 Å². The maximum atomic E-state index is 16.6. The number of phenolic OH excluding ortho intramolecular Hbond substituents is 1. The summed E-state index contributed by atoms with van der Waals surface area (Å²) in [4.78, 5) is 17.0. The largest absolute Gasteiger partial charge is 0.508 e. The number of alkyl halides is 1. The number of anilines is 1. The molecule has 0 amide bonds. The van der Waals surface area contributed by atoms with Gasteiger partial charge in [-0.15, -0.1) is 6.42 Å². The number of terminal acetylenes is 1. The summed E-state index contributed by atoms with van der Waals surface area (Å²) in [7, 11) is 0. The van der Waals surface area contributed by atoms with Crippen LogP contribution in [0.25, 0.3) is 32.9 Å². The molecule has 2 saturated heterocycles. The molecule has 4 aromatic rings. The number of pyridine rings is 1. The SMILES string of the molecule is C#Cc1c(F)ccc2cc(O)cc(-c3ncc4c(N5CC=CC=C(F)C5)nc(OC[C@@]56CCCN5CC(F)C6)nc4c3F)c12. The number of fused-ring (bicyclic) bond motifs is 3. The quantitative estimate of drug-likeness (QED) is 0.222. The van der Waals surface area contributed by atoms with Crippen LogP contribution < -0.4 is 9.64 Å². The van der Waals surface area contributed by atoms with Crippen molar-refractivity contribution >= 4 is 27.5 Å². The molecule has 224 valence electrons. The first-order chi connectivity index (χ1) is 21.3. The molecule has 0 bridgehead atoms. The number of ether oxygens (including phenoxy) is 1. The Morgan fingerprint density at radius 3 is 2.89 bits per heavy atom. The van der Waals surface area contributed by atoms with Crippen molar-refractivity contribution in [3.63, 3.8) is 0 Å². The first kappa shape index (κ1) is 28.1. The summed E-state index contributed by atoms with van der Waals surface area (Å²) in [6, 6.07) is 5.13. The molecule has 7 nitrogen and oxygen atoms in total. The van der Waals surface area contributed by atoms with Gasteiger partial charge in [0.2, 0.25) is 0 Å². The zero-order chi connectivity index (χ0) is 30.6. The third-order valence-electron chi connectivity index (χ3n) is 8.71. The van der Waals surface area contributed by atoms with Crippen LogP contribution in [0, 0.1) is 24.0 Å². The third kappa shape index (κ3) is 4.70. The fourth-order valence-electron chi connectivity index (χ4n) is 6.74. The lowest BCUT2D eigenvalue weighted by Crippen LogP contribution is -2.43. The standard InChI is InChI=1S/C33H27F4N5O2/c1-2-23-26(36)8-7-19-12-22(43)13-24(27(19)23)29-28(37)30-25(15-38-29)31(41-10-4-3-6-20(34)16-41)40-32(39-30)44-18-33-9-5-11-42(33)17-21(35)14-33/h1,3-4,6-8,12-13,15,21,43H,5,9-11,14,16-18H2/t21?,33-/m0/s1. The maximum absolute atomic E-state index is 16.6. The number of benzene rings is 2. The van der Waals surface area contributed by atoms with Crippen molar-refractivity contribution in [1.29, 1.82) is 0 Å². The van der Waals surface area contributed by atoms with E-state index in [2.05, 4.69) is 25.8 Å². The first-order valence-corrected chi connectivity index (χ1v) is 14.3. The van der Waals surface area contributed by atoms with Gasteiger partial charge in [-0.2, -0.15) is 9.97 Å². The van der Waals surface area contributed by atoms with Crippen LogP contribution in [0.1, 0.15) is 24.8 Å². The van der Waals surface area contributed by atoms with E-state index in [1.807, 2.05) is 0 Å². The van der Waals surface area contributed by atoms with Crippen LogP contribution >= 0.6 is 0 Å². The average Bonchev–Trinajstić information content (AvgIpc) is 3.43. The summed E-state index contributed by atoms with van der Waals surface area (Å²) in [6.07, 6.45) is 12.7. The van der Waals surface area contributed by atoms with Crippen LogP contribution in [0.5, 0.6) is 11.8 Å². The second kappa shape index (κ2) is 10.8. The van der Waals surface area contributed by atoms with Crippen molar-refractivity contribution in [2.75, 3.05) is 37.7 Å². The van der Waals surface area contributed by atoms with Gasteiger partial charge < -0.3 is 14.7 Å². The van der Waals surface area contributed by atoms with Gasteiger partial charge in [0.1, 0.15) is 47.2 Å². The predicted octanol–water partition coefficient (Wildman–Crippen LogP) is 5.99. The number of rotatable bonds is 5. The molecule has 2 atom stereocenters. The summed E-state index contributed by atoms with van der Waals surface area (Å²) < 4.78 is 66.4. The summed E-state index contributed by atoms with van der Waals surface area (Å²) in [5.74, 6) is 0.335. The van der Waals surface area contributed by atoms with E-state index >= 15 is 4.39 Å². The van der Waals surface area contributed by atoms with Crippen LogP contribution in [0.3, 0.4) is 0 Å². The van der Waals surface area contributed by atoms with Gasteiger partial charge in [-0.05, 0) is 49.0 Å². The van der Waals surface area contributed by atoms with Gasteiger partial charge >= 0.3 is 6.01 Å². The number of allylic oxidation sites excluding steroid dienone is 2. The van der Waals surface area contributed by atoms with Crippen molar-refractivity contribution in [3.05, 3.63) is 71.7 Å². The van der Waals surface area contributed by atoms with Crippen LogP contribution in [-0.2, 0) is 0 Å². The number of halogens is 4. The Bertz CT molecular complexity index is 1920. The van der Waals surface area contributed by atoms with E-state index in [4.69, 9.17) is 11.2 Å². The normalized spacial score (nSPS) is 21.8. The molecule has 0 radical (unpaired) electrons. The molecule has 2 fully saturated rings. The van der Waals surface area contributed by atoms with Gasteiger partial charge in [0.25, 0.3) is 0 Å².